The lowest BCUT2D eigenvalue weighted by Crippen LogP contribution is -2.43. The molecular formula is C9H15N5. The van der Waals surface area contributed by atoms with E-state index in [9.17, 15) is 0 Å². The average molecular weight is 193 g/mol. The first kappa shape index (κ1) is 10.3. The van der Waals surface area contributed by atoms with Gasteiger partial charge in [0.2, 0.25) is 5.96 Å². The molecule has 0 saturated heterocycles. The van der Waals surface area contributed by atoms with Crippen molar-refractivity contribution in [3.05, 3.63) is 29.8 Å². The second kappa shape index (κ2) is 4.48. The third-order valence-corrected chi connectivity index (χ3v) is 1.93. The van der Waals surface area contributed by atoms with Crippen molar-refractivity contribution in [3.63, 3.8) is 0 Å². The first-order chi connectivity index (χ1) is 6.59. The SMILES string of the molecule is N=C(N)N(N)CCc1ccc(N)cc1. The van der Waals surface area contributed by atoms with Gasteiger partial charge in [0.1, 0.15) is 0 Å². The van der Waals surface area contributed by atoms with Gasteiger partial charge in [0.05, 0.1) is 0 Å². The molecule has 0 spiro atoms. The summed E-state index contributed by atoms with van der Waals surface area (Å²) in [5.74, 6) is 5.33. The van der Waals surface area contributed by atoms with Crippen molar-refractivity contribution in [1.82, 2.24) is 5.01 Å². The number of hydrazine groups is 1. The summed E-state index contributed by atoms with van der Waals surface area (Å²) < 4.78 is 0. The van der Waals surface area contributed by atoms with Gasteiger partial charge in [-0.25, -0.2) is 5.84 Å². The quantitative estimate of drug-likeness (QED) is 0.176. The summed E-state index contributed by atoms with van der Waals surface area (Å²) in [5, 5.41) is 8.26. The Labute approximate surface area is 83.0 Å². The van der Waals surface area contributed by atoms with Gasteiger partial charge in [-0.2, -0.15) is 0 Å². The highest BCUT2D eigenvalue weighted by molar-refractivity contribution is 5.73. The molecule has 0 unspecified atom stereocenters. The summed E-state index contributed by atoms with van der Waals surface area (Å²) in [4.78, 5) is 0. The second-order valence-corrected chi connectivity index (χ2v) is 3.07. The van der Waals surface area contributed by atoms with Crippen molar-refractivity contribution < 1.29 is 0 Å². The van der Waals surface area contributed by atoms with Gasteiger partial charge in [0, 0.05) is 12.2 Å². The number of guanidine groups is 1. The van der Waals surface area contributed by atoms with E-state index >= 15 is 0 Å². The Morgan fingerprint density at radius 3 is 2.36 bits per heavy atom. The van der Waals surface area contributed by atoms with Crippen LogP contribution in [0.1, 0.15) is 5.56 Å². The molecule has 0 fully saturated rings. The van der Waals surface area contributed by atoms with E-state index in [4.69, 9.17) is 22.7 Å². The van der Waals surface area contributed by atoms with E-state index < -0.39 is 0 Å². The second-order valence-electron chi connectivity index (χ2n) is 3.07. The van der Waals surface area contributed by atoms with Crippen LogP contribution in [0.15, 0.2) is 24.3 Å². The van der Waals surface area contributed by atoms with E-state index in [1.807, 2.05) is 24.3 Å². The topological polar surface area (TPSA) is 105 Å². The Bertz CT molecular complexity index is 305. The van der Waals surface area contributed by atoms with Crippen LogP contribution in [0.4, 0.5) is 5.69 Å². The van der Waals surface area contributed by atoms with E-state index in [2.05, 4.69) is 0 Å². The molecular weight excluding hydrogens is 178 g/mol. The molecule has 0 aliphatic rings. The van der Waals surface area contributed by atoms with Gasteiger partial charge in [-0.3, -0.25) is 10.4 Å². The summed E-state index contributed by atoms with van der Waals surface area (Å²) in [6.07, 6.45) is 0.746. The number of hydrogen-bond acceptors (Lipinski definition) is 3. The fourth-order valence-corrected chi connectivity index (χ4v) is 1.05. The van der Waals surface area contributed by atoms with Crippen LogP contribution in [0.5, 0.6) is 0 Å². The van der Waals surface area contributed by atoms with Crippen molar-refractivity contribution in [1.29, 1.82) is 5.41 Å². The minimum absolute atomic E-state index is 0.125. The summed E-state index contributed by atoms with van der Waals surface area (Å²) in [6, 6.07) is 7.54. The summed E-state index contributed by atoms with van der Waals surface area (Å²) in [6.45, 7) is 0.527. The fraction of sp³-hybridized carbons (Fsp3) is 0.222. The molecule has 0 heterocycles. The predicted molar refractivity (Wildman–Crippen MR) is 57.4 cm³/mol. The predicted octanol–water partition coefficient (Wildman–Crippen LogP) is -0.120. The van der Waals surface area contributed by atoms with E-state index in [0.717, 1.165) is 17.7 Å². The number of benzene rings is 1. The van der Waals surface area contributed by atoms with Crippen LogP contribution >= 0.6 is 0 Å². The number of nitrogens with zero attached hydrogens (tertiary/aromatic N) is 1. The molecule has 0 bridgehead atoms. The molecule has 14 heavy (non-hydrogen) atoms. The Morgan fingerprint density at radius 1 is 1.29 bits per heavy atom. The number of hydrogen-bond donors (Lipinski definition) is 4. The molecule has 0 saturated carbocycles. The van der Waals surface area contributed by atoms with Crippen LogP contribution < -0.4 is 17.3 Å². The zero-order valence-electron chi connectivity index (χ0n) is 7.90. The minimum atomic E-state index is -0.125. The molecule has 5 nitrogen and oxygen atoms in total. The molecule has 0 amide bonds. The zero-order valence-corrected chi connectivity index (χ0v) is 7.90. The maximum absolute atomic E-state index is 7.06. The lowest BCUT2D eigenvalue weighted by molar-refractivity contribution is 0.436. The highest BCUT2D eigenvalue weighted by Gasteiger charge is 2.00. The summed E-state index contributed by atoms with van der Waals surface area (Å²) in [7, 11) is 0. The lowest BCUT2D eigenvalue weighted by Gasteiger charge is -2.15. The Hall–Kier alpha value is -1.75. The normalized spacial score (nSPS) is 9.79. The molecule has 0 aliphatic carbocycles. The van der Waals surface area contributed by atoms with Gasteiger partial charge < -0.3 is 11.5 Å². The number of nitrogens with one attached hydrogen (secondary N) is 1. The first-order valence-corrected chi connectivity index (χ1v) is 4.30. The third kappa shape index (κ3) is 2.95. The Kier molecular flexibility index (Phi) is 3.30. The molecule has 76 valence electrons. The van der Waals surface area contributed by atoms with Crippen molar-refractivity contribution in [2.75, 3.05) is 12.3 Å². The Balaban J connectivity index is 2.46. The molecule has 5 heteroatoms. The van der Waals surface area contributed by atoms with E-state index in [1.165, 1.54) is 5.01 Å². The molecule has 0 atom stereocenters. The van der Waals surface area contributed by atoms with Crippen LogP contribution in [0.25, 0.3) is 0 Å². The summed E-state index contributed by atoms with van der Waals surface area (Å²) >= 11 is 0. The molecule has 1 aromatic carbocycles. The van der Waals surface area contributed by atoms with Crippen molar-refractivity contribution >= 4 is 11.6 Å². The van der Waals surface area contributed by atoms with Crippen LogP contribution in [0.3, 0.4) is 0 Å². The largest absolute Gasteiger partial charge is 0.399 e. The molecule has 1 rings (SSSR count). The van der Waals surface area contributed by atoms with Gasteiger partial charge >= 0.3 is 0 Å². The molecule has 0 aliphatic heterocycles. The van der Waals surface area contributed by atoms with Gasteiger partial charge in [-0.1, -0.05) is 12.1 Å². The van der Waals surface area contributed by atoms with Crippen molar-refractivity contribution in [2.45, 2.75) is 6.42 Å². The van der Waals surface area contributed by atoms with E-state index in [-0.39, 0.29) is 5.96 Å². The number of rotatable bonds is 3. The maximum Gasteiger partial charge on any atom is 0.202 e. The number of nitrogens with two attached hydrogens (primary N) is 3. The first-order valence-electron chi connectivity index (χ1n) is 4.30. The van der Waals surface area contributed by atoms with Gasteiger partial charge in [-0.15, -0.1) is 0 Å². The van der Waals surface area contributed by atoms with Crippen LogP contribution in [0.2, 0.25) is 0 Å². The fourth-order valence-electron chi connectivity index (χ4n) is 1.05. The van der Waals surface area contributed by atoms with E-state index in [1.54, 1.807) is 0 Å². The van der Waals surface area contributed by atoms with Gasteiger partial charge in [0.25, 0.3) is 0 Å². The highest BCUT2D eigenvalue weighted by atomic mass is 15.4. The van der Waals surface area contributed by atoms with Gasteiger partial charge in [0.15, 0.2) is 0 Å². The number of nitrogen functional groups attached to an aromatic ring is 1. The summed E-state index contributed by atoms with van der Waals surface area (Å²) in [5.41, 5.74) is 12.6. The Morgan fingerprint density at radius 2 is 1.86 bits per heavy atom. The van der Waals surface area contributed by atoms with Crippen LogP contribution in [-0.2, 0) is 6.42 Å². The lowest BCUT2D eigenvalue weighted by atomic mass is 10.1. The van der Waals surface area contributed by atoms with Gasteiger partial charge in [-0.05, 0) is 24.1 Å². The molecule has 7 N–H and O–H groups in total. The van der Waals surface area contributed by atoms with E-state index in [0.29, 0.717) is 6.54 Å². The zero-order chi connectivity index (χ0) is 10.6. The van der Waals surface area contributed by atoms with Crippen LogP contribution in [0, 0.1) is 5.41 Å². The smallest absolute Gasteiger partial charge is 0.202 e. The maximum atomic E-state index is 7.06. The average Bonchev–Trinajstić information content (AvgIpc) is 2.16. The highest BCUT2D eigenvalue weighted by Crippen LogP contribution is 2.05. The standard InChI is InChI=1S/C9H15N5/c10-8-3-1-7(2-4-8)5-6-14(13)9(11)12/h1-4H,5-6,10,13H2,(H3,11,12). The molecule has 0 aromatic heterocycles. The molecule has 0 radical (unpaired) electrons. The number of anilines is 1. The van der Waals surface area contributed by atoms with Crippen molar-refractivity contribution in [2.24, 2.45) is 11.6 Å². The van der Waals surface area contributed by atoms with Crippen molar-refractivity contribution in [3.8, 4) is 0 Å². The monoisotopic (exact) mass is 193 g/mol. The molecule has 1 aromatic rings. The van der Waals surface area contributed by atoms with Crippen LogP contribution in [-0.4, -0.2) is 17.5 Å². The minimum Gasteiger partial charge on any atom is -0.399 e. The third-order valence-electron chi connectivity index (χ3n) is 1.93.